The third-order valence-corrected chi connectivity index (χ3v) is 4.14. The van der Waals surface area contributed by atoms with Gasteiger partial charge in [-0.2, -0.15) is 0 Å². The normalized spacial score (nSPS) is 11.1. The minimum absolute atomic E-state index is 0.219. The third-order valence-electron chi connectivity index (χ3n) is 3.57. The van der Waals surface area contributed by atoms with Crippen molar-refractivity contribution in [3.8, 4) is 11.1 Å². The fraction of sp³-hybridized carbons (Fsp3) is 0.294. The molecule has 0 unspecified atom stereocenters. The smallest absolute Gasteiger partial charge is 0.123 e. The summed E-state index contributed by atoms with van der Waals surface area (Å²) < 4.78 is 13.0. The number of rotatable bonds is 2. The summed E-state index contributed by atoms with van der Waals surface area (Å²) in [6.45, 7) is 8.38. The van der Waals surface area contributed by atoms with Crippen molar-refractivity contribution in [2.24, 2.45) is 0 Å². The van der Waals surface area contributed by atoms with Crippen molar-refractivity contribution >= 4 is 11.6 Å². The molecule has 19 heavy (non-hydrogen) atoms. The van der Waals surface area contributed by atoms with Crippen LogP contribution >= 0.6 is 11.6 Å². The molecule has 0 aliphatic carbocycles. The van der Waals surface area contributed by atoms with Crippen molar-refractivity contribution in [1.29, 1.82) is 0 Å². The highest BCUT2D eigenvalue weighted by Gasteiger charge is 2.14. The molecule has 0 aliphatic heterocycles. The van der Waals surface area contributed by atoms with Crippen molar-refractivity contribution in [1.82, 2.24) is 0 Å². The van der Waals surface area contributed by atoms with Gasteiger partial charge in [0, 0.05) is 5.02 Å². The number of halogens is 2. The fourth-order valence-electron chi connectivity index (χ4n) is 2.43. The van der Waals surface area contributed by atoms with Crippen molar-refractivity contribution in [2.45, 2.75) is 33.6 Å². The van der Waals surface area contributed by atoms with Crippen LogP contribution in [0.2, 0.25) is 5.02 Å². The second-order valence-corrected chi connectivity index (χ2v) is 5.62. The van der Waals surface area contributed by atoms with Crippen LogP contribution < -0.4 is 0 Å². The van der Waals surface area contributed by atoms with Gasteiger partial charge in [-0.15, -0.1) is 0 Å². The Bertz CT molecular complexity index is 598. The third kappa shape index (κ3) is 2.66. The molecule has 2 heteroatoms. The molecule has 0 aliphatic rings. The quantitative estimate of drug-likeness (QED) is 0.642. The number of hydrogen-bond donors (Lipinski definition) is 0. The first-order valence-corrected chi connectivity index (χ1v) is 6.85. The van der Waals surface area contributed by atoms with E-state index in [4.69, 9.17) is 11.6 Å². The lowest BCUT2D eigenvalue weighted by Crippen LogP contribution is -1.97. The van der Waals surface area contributed by atoms with Crippen LogP contribution in [0.4, 0.5) is 4.39 Å². The lowest BCUT2D eigenvalue weighted by molar-refractivity contribution is 0.628. The first-order chi connectivity index (χ1) is 8.91. The van der Waals surface area contributed by atoms with E-state index in [1.807, 2.05) is 6.92 Å². The first-order valence-electron chi connectivity index (χ1n) is 6.47. The van der Waals surface area contributed by atoms with Crippen LogP contribution in [0.3, 0.4) is 0 Å². The van der Waals surface area contributed by atoms with Crippen LogP contribution in [0.5, 0.6) is 0 Å². The molecule has 100 valence electrons. The summed E-state index contributed by atoms with van der Waals surface area (Å²) in [4.78, 5) is 0. The van der Waals surface area contributed by atoms with E-state index in [9.17, 15) is 4.39 Å². The van der Waals surface area contributed by atoms with Crippen molar-refractivity contribution < 1.29 is 4.39 Å². The largest absolute Gasteiger partial charge is 0.207 e. The maximum absolute atomic E-state index is 13.0. The van der Waals surface area contributed by atoms with Gasteiger partial charge in [0.05, 0.1) is 0 Å². The van der Waals surface area contributed by atoms with Gasteiger partial charge in [-0.3, -0.25) is 0 Å². The minimum Gasteiger partial charge on any atom is -0.207 e. The topological polar surface area (TPSA) is 0 Å². The molecule has 0 N–H and O–H groups in total. The standard InChI is InChI=1S/C17H18ClF/c1-10(2)15-9-16(12(4)17(18)11(15)3)13-5-7-14(19)8-6-13/h5-10H,1-4H3. The molecular formula is C17H18ClF. The van der Waals surface area contributed by atoms with Gasteiger partial charge in [-0.05, 0) is 59.7 Å². The van der Waals surface area contributed by atoms with E-state index in [-0.39, 0.29) is 5.82 Å². The maximum Gasteiger partial charge on any atom is 0.123 e. The van der Waals surface area contributed by atoms with Crippen LogP contribution in [-0.4, -0.2) is 0 Å². The summed E-state index contributed by atoms with van der Waals surface area (Å²) in [6, 6.07) is 8.74. The molecule has 0 atom stereocenters. The van der Waals surface area contributed by atoms with Crippen LogP contribution in [0.15, 0.2) is 30.3 Å². The molecule has 2 rings (SSSR count). The highest BCUT2D eigenvalue weighted by Crippen LogP contribution is 2.36. The zero-order chi connectivity index (χ0) is 14.2. The van der Waals surface area contributed by atoms with Gasteiger partial charge in [-0.1, -0.05) is 43.6 Å². The predicted octanol–water partition coefficient (Wildman–Crippen LogP) is 5.89. The van der Waals surface area contributed by atoms with E-state index < -0.39 is 0 Å². The first kappa shape index (κ1) is 14.1. The molecule has 0 saturated heterocycles. The number of hydrogen-bond acceptors (Lipinski definition) is 0. The Balaban J connectivity index is 2.66. The molecule has 0 spiro atoms. The lowest BCUT2D eigenvalue weighted by Gasteiger charge is -2.17. The molecule has 2 aromatic carbocycles. The van der Waals surface area contributed by atoms with Crippen LogP contribution in [0.1, 0.15) is 36.5 Å². The Labute approximate surface area is 119 Å². The summed E-state index contributed by atoms with van der Waals surface area (Å²) in [7, 11) is 0. The number of benzene rings is 2. The van der Waals surface area contributed by atoms with Gasteiger partial charge < -0.3 is 0 Å². The molecule has 0 saturated carbocycles. The van der Waals surface area contributed by atoms with Crippen molar-refractivity contribution in [3.05, 3.63) is 57.9 Å². The summed E-state index contributed by atoms with van der Waals surface area (Å²) in [5.74, 6) is 0.195. The van der Waals surface area contributed by atoms with E-state index in [1.165, 1.54) is 17.7 Å². The average Bonchev–Trinajstić information content (AvgIpc) is 2.37. The molecule has 0 fully saturated rings. The Kier molecular flexibility index (Phi) is 3.96. The van der Waals surface area contributed by atoms with Crippen LogP contribution in [0.25, 0.3) is 11.1 Å². The average molecular weight is 277 g/mol. The van der Waals surface area contributed by atoms with E-state index in [2.05, 4.69) is 26.8 Å². The van der Waals surface area contributed by atoms with Crippen molar-refractivity contribution in [3.63, 3.8) is 0 Å². The Morgan fingerprint density at radius 3 is 2.11 bits per heavy atom. The van der Waals surface area contributed by atoms with Gasteiger partial charge in [0.1, 0.15) is 5.82 Å². The van der Waals surface area contributed by atoms with E-state index in [0.29, 0.717) is 5.92 Å². The molecule has 0 nitrogen and oxygen atoms in total. The molecule has 0 radical (unpaired) electrons. The molecule has 0 bridgehead atoms. The summed E-state index contributed by atoms with van der Waals surface area (Å²) in [5, 5.41) is 0.811. The van der Waals surface area contributed by atoms with E-state index in [1.54, 1.807) is 12.1 Å². The highest BCUT2D eigenvalue weighted by atomic mass is 35.5. The van der Waals surface area contributed by atoms with Gasteiger partial charge >= 0.3 is 0 Å². The second kappa shape index (κ2) is 5.34. The van der Waals surface area contributed by atoms with Gasteiger partial charge in [0.15, 0.2) is 0 Å². The van der Waals surface area contributed by atoms with E-state index in [0.717, 1.165) is 27.3 Å². The lowest BCUT2D eigenvalue weighted by atomic mass is 9.90. The van der Waals surface area contributed by atoms with E-state index >= 15 is 0 Å². The summed E-state index contributed by atoms with van der Waals surface area (Å²) in [6.07, 6.45) is 0. The van der Waals surface area contributed by atoms with Gasteiger partial charge in [0.2, 0.25) is 0 Å². The Morgan fingerprint density at radius 2 is 1.58 bits per heavy atom. The van der Waals surface area contributed by atoms with Crippen molar-refractivity contribution in [2.75, 3.05) is 0 Å². The second-order valence-electron chi connectivity index (χ2n) is 5.24. The fourth-order valence-corrected chi connectivity index (χ4v) is 2.64. The monoisotopic (exact) mass is 276 g/mol. The molecule has 0 heterocycles. The van der Waals surface area contributed by atoms with Gasteiger partial charge in [0.25, 0.3) is 0 Å². The highest BCUT2D eigenvalue weighted by molar-refractivity contribution is 6.32. The summed E-state index contributed by atoms with van der Waals surface area (Å²) in [5.41, 5.74) is 5.52. The minimum atomic E-state index is -0.219. The van der Waals surface area contributed by atoms with Crippen LogP contribution in [-0.2, 0) is 0 Å². The van der Waals surface area contributed by atoms with Gasteiger partial charge in [-0.25, -0.2) is 4.39 Å². The maximum atomic E-state index is 13.0. The molecule has 2 aromatic rings. The summed E-state index contributed by atoms with van der Waals surface area (Å²) >= 11 is 6.44. The molecular weight excluding hydrogens is 259 g/mol. The Hall–Kier alpha value is -1.34. The van der Waals surface area contributed by atoms with Crippen LogP contribution in [0, 0.1) is 19.7 Å². The predicted molar refractivity (Wildman–Crippen MR) is 80.4 cm³/mol. The molecule has 0 aromatic heterocycles. The zero-order valence-corrected chi connectivity index (χ0v) is 12.5. The SMILES string of the molecule is Cc1c(-c2ccc(F)cc2)cc(C(C)C)c(C)c1Cl. The Morgan fingerprint density at radius 1 is 1.00 bits per heavy atom. The zero-order valence-electron chi connectivity index (χ0n) is 11.7. The molecule has 0 amide bonds.